The zero-order chi connectivity index (χ0) is 14.6. The normalized spacial score (nSPS) is 19.6. The van der Waals surface area contributed by atoms with E-state index in [4.69, 9.17) is 4.74 Å². The van der Waals surface area contributed by atoms with Crippen LogP contribution in [0.3, 0.4) is 0 Å². The van der Waals surface area contributed by atoms with E-state index in [1.165, 1.54) is 0 Å². The van der Waals surface area contributed by atoms with Crippen LogP contribution in [-0.2, 0) is 14.6 Å². The molecule has 0 amide bonds. The predicted molar refractivity (Wildman–Crippen MR) is 82.3 cm³/mol. The maximum Gasteiger partial charge on any atom is 0.153 e. The van der Waals surface area contributed by atoms with Crippen LogP contribution in [0.5, 0.6) is 0 Å². The third-order valence-electron chi connectivity index (χ3n) is 3.39. The average Bonchev–Trinajstić information content (AvgIpc) is 2.39. The number of benzene rings is 1. The third kappa shape index (κ3) is 4.11. The molecule has 1 aliphatic heterocycles. The summed E-state index contributed by atoms with van der Waals surface area (Å²) in [5.41, 5.74) is 2.09. The van der Waals surface area contributed by atoms with Crippen LogP contribution >= 0.6 is 0 Å². The van der Waals surface area contributed by atoms with Gasteiger partial charge < -0.3 is 15.0 Å². The van der Waals surface area contributed by atoms with Crippen molar-refractivity contribution < 1.29 is 13.2 Å². The summed E-state index contributed by atoms with van der Waals surface area (Å²) in [6.07, 6.45) is 0. The molecule has 1 saturated heterocycles. The summed E-state index contributed by atoms with van der Waals surface area (Å²) in [6, 6.07) is 8.31. The fraction of sp³-hybridized carbons (Fsp3) is 0.571. The minimum absolute atomic E-state index is 0.233. The molecule has 1 N–H and O–H groups in total. The van der Waals surface area contributed by atoms with Gasteiger partial charge in [-0.3, -0.25) is 0 Å². The van der Waals surface area contributed by atoms with Gasteiger partial charge in [0.25, 0.3) is 0 Å². The summed E-state index contributed by atoms with van der Waals surface area (Å²) in [4.78, 5) is 2.12. The van der Waals surface area contributed by atoms with Crippen LogP contribution in [0.25, 0.3) is 0 Å². The molecule has 0 aromatic heterocycles. The molecule has 0 aliphatic carbocycles. The van der Waals surface area contributed by atoms with Gasteiger partial charge in [0.05, 0.1) is 18.1 Å². The number of hydrogen-bond donors (Lipinski definition) is 1. The van der Waals surface area contributed by atoms with Crippen molar-refractivity contribution in [1.82, 2.24) is 0 Å². The molecule has 1 atom stereocenters. The molecule has 5 nitrogen and oxygen atoms in total. The van der Waals surface area contributed by atoms with E-state index in [2.05, 4.69) is 23.2 Å². The minimum Gasteiger partial charge on any atom is -0.383 e. The fourth-order valence-corrected chi connectivity index (χ4v) is 3.54. The molecular weight excluding hydrogens is 276 g/mol. The number of anilines is 2. The maximum absolute atomic E-state index is 11.5. The smallest absolute Gasteiger partial charge is 0.153 e. The van der Waals surface area contributed by atoms with Crippen LogP contribution in [-0.4, -0.2) is 52.8 Å². The predicted octanol–water partition coefficient (Wildman–Crippen LogP) is 1.37. The van der Waals surface area contributed by atoms with Gasteiger partial charge in [-0.1, -0.05) is 6.07 Å². The first-order valence-corrected chi connectivity index (χ1v) is 8.63. The third-order valence-corrected chi connectivity index (χ3v) is 4.99. The van der Waals surface area contributed by atoms with E-state index in [1.54, 1.807) is 7.11 Å². The number of ether oxygens (including phenoxy) is 1. The average molecular weight is 298 g/mol. The number of nitrogens with one attached hydrogen (secondary N) is 1. The fourth-order valence-electron chi connectivity index (χ4n) is 2.34. The van der Waals surface area contributed by atoms with Crippen LogP contribution in [0, 0.1) is 0 Å². The number of hydrogen-bond acceptors (Lipinski definition) is 5. The molecular formula is C14H22N2O3S. The molecule has 20 heavy (non-hydrogen) atoms. The van der Waals surface area contributed by atoms with Crippen molar-refractivity contribution in [3.63, 3.8) is 0 Å². The van der Waals surface area contributed by atoms with E-state index >= 15 is 0 Å². The summed E-state index contributed by atoms with van der Waals surface area (Å²) < 4.78 is 28.0. The first-order chi connectivity index (χ1) is 9.50. The van der Waals surface area contributed by atoms with Gasteiger partial charge in [-0.15, -0.1) is 0 Å². The quantitative estimate of drug-likeness (QED) is 0.889. The second-order valence-electron chi connectivity index (χ2n) is 5.19. The molecule has 0 bridgehead atoms. The van der Waals surface area contributed by atoms with Gasteiger partial charge in [0.15, 0.2) is 9.84 Å². The van der Waals surface area contributed by atoms with Crippen molar-refractivity contribution >= 4 is 21.2 Å². The largest absolute Gasteiger partial charge is 0.383 e. The van der Waals surface area contributed by atoms with Crippen LogP contribution in [0.2, 0.25) is 0 Å². The van der Waals surface area contributed by atoms with Crippen molar-refractivity contribution in [1.29, 1.82) is 0 Å². The molecule has 0 unspecified atom stereocenters. The molecule has 1 fully saturated rings. The van der Waals surface area contributed by atoms with Crippen molar-refractivity contribution in [2.75, 3.05) is 48.5 Å². The van der Waals surface area contributed by atoms with Crippen LogP contribution < -0.4 is 10.2 Å². The first-order valence-electron chi connectivity index (χ1n) is 6.81. The molecule has 6 heteroatoms. The van der Waals surface area contributed by atoms with Gasteiger partial charge in [0.2, 0.25) is 0 Å². The Morgan fingerprint density at radius 3 is 2.70 bits per heavy atom. The van der Waals surface area contributed by atoms with E-state index in [1.807, 2.05) is 18.2 Å². The van der Waals surface area contributed by atoms with Crippen molar-refractivity contribution in [3.05, 3.63) is 24.3 Å². The highest BCUT2D eigenvalue weighted by Gasteiger charge is 2.21. The Kier molecular flexibility index (Phi) is 4.88. The monoisotopic (exact) mass is 298 g/mol. The van der Waals surface area contributed by atoms with E-state index in [-0.39, 0.29) is 17.5 Å². The Hall–Kier alpha value is -1.27. The second-order valence-corrected chi connectivity index (χ2v) is 7.49. The second kappa shape index (κ2) is 6.45. The van der Waals surface area contributed by atoms with Gasteiger partial charge in [-0.2, -0.15) is 0 Å². The van der Waals surface area contributed by atoms with Crippen molar-refractivity contribution in [2.24, 2.45) is 0 Å². The van der Waals surface area contributed by atoms with Crippen molar-refractivity contribution in [2.45, 2.75) is 13.0 Å². The zero-order valence-electron chi connectivity index (χ0n) is 12.0. The Morgan fingerprint density at radius 2 is 2.05 bits per heavy atom. The van der Waals surface area contributed by atoms with Gasteiger partial charge in [-0.05, 0) is 25.1 Å². The summed E-state index contributed by atoms with van der Waals surface area (Å²) in [7, 11) is -1.15. The highest BCUT2D eigenvalue weighted by Crippen LogP contribution is 2.21. The summed E-state index contributed by atoms with van der Waals surface area (Å²) in [5.74, 6) is 0.482. The Balaban J connectivity index is 2.03. The highest BCUT2D eigenvalue weighted by molar-refractivity contribution is 7.91. The summed E-state index contributed by atoms with van der Waals surface area (Å²) in [5, 5.41) is 3.37. The number of nitrogens with zero attached hydrogens (tertiary/aromatic N) is 1. The molecule has 0 saturated carbocycles. The van der Waals surface area contributed by atoms with Crippen LogP contribution in [0.15, 0.2) is 24.3 Å². The molecule has 1 heterocycles. The topological polar surface area (TPSA) is 58.6 Å². The summed E-state index contributed by atoms with van der Waals surface area (Å²) >= 11 is 0. The van der Waals surface area contributed by atoms with Gasteiger partial charge in [0, 0.05) is 37.6 Å². The molecule has 2 rings (SSSR count). The molecule has 0 radical (unpaired) electrons. The van der Waals surface area contributed by atoms with E-state index in [0.717, 1.165) is 11.4 Å². The van der Waals surface area contributed by atoms with Crippen LogP contribution in [0.4, 0.5) is 11.4 Å². The van der Waals surface area contributed by atoms with Gasteiger partial charge in [-0.25, -0.2) is 8.42 Å². The lowest BCUT2D eigenvalue weighted by atomic mass is 10.2. The van der Waals surface area contributed by atoms with E-state index < -0.39 is 9.84 Å². The maximum atomic E-state index is 11.5. The Bertz CT molecular complexity index is 531. The van der Waals surface area contributed by atoms with E-state index in [0.29, 0.717) is 19.7 Å². The Morgan fingerprint density at radius 1 is 1.35 bits per heavy atom. The SMILES string of the molecule is COC[C@@H](C)Nc1cccc(N2CCS(=O)(=O)CC2)c1. The Labute approximate surface area is 120 Å². The van der Waals surface area contributed by atoms with E-state index in [9.17, 15) is 8.42 Å². The molecule has 1 aromatic carbocycles. The summed E-state index contributed by atoms with van der Waals surface area (Å²) in [6.45, 7) is 3.84. The van der Waals surface area contributed by atoms with Gasteiger partial charge in [0.1, 0.15) is 0 Å². The minimum atomic E-state index is -2.83. The zero-order valence-corrected chi connectivity index (χ0v) is 12.8. The first kappa shape index (κ1) is 15.1. The molecule has 1 aliphatic rings. The van der Waals surface area contributed by atoms with Gasteiger partial charge >= 0.3 is 0 Å². The number of rotatable bonds is 5. The van der Waals surface area contributed by atoms with Crippen molar-refractivity contribution in [3.8, 4) is 0 Å². The lowest BCUT2D eigenvalue weighted by Crippen LogP contribution is -2.40. The number of methoxy groups -OCH3 is 1. The highest BCUT2D eigenvalue weighted by atomic mass is 32.2. The van der Waals surface area contributed by atoms with Crippen LogP contribution in [0.1, 0.15) is 6.92 Å². The number of sulfone groups is 1. The lowest BCUT2D eigenvalue weighted by Gasteiger charge is -2.29. The standard InChI is InChI=1S/C14H22N2O3S/c1-12(11-19-2)15-13-4-3-5-14(10-13)16-6-8-20(17,18)9-7-16/h3-5,10,12,15H,6-9,11H2,1-2H3/t12-/m1/s1. The molecule has 112 valence electrons. The lowest BCUT2D eigenvalue weighted by molar-refractivity contribution is 0.190. The molecule has 0 spiro atoms. The molecule has 1 aromatic rings.